The third-order valence-electron chi connectivity index (χ3n) is 3.93. The van der Waals surface area contributed by atoms with E-state index >= 15 is 0 Å². The Hall–Kier alpha value is -2.05. The highest BCUT2D eigenvalue weighted by atomic mass is 32.2. The van der Waals surface area contributed by atoms with Crippen LogP contribution in [0.15, 0.2) is 53.4 Å². The minimum absolute atomic E-state index is 0.0885. The molecule has 0 spiro atoms. The summed E-state index contributed by atoms with van der Waals surface area (Å²) >= 11 is 0. The Morgan fingerprint density at radius 3 is 2.32 bits per heavy atom. The molecule has 0 heterocycles. The Kier molecular flexibility index (Phi) is 6.84. The van der Waals surface area contributed by atoms with Gasteiger partial charge in [0.15, 0.2) is 0 Å². The summed E-state index contributed by atoms with van der Waals surface area (Å²) in [4.78, 5) is 0.0885. The third-order valence-corrected chi connectivity index (χ3v) is 5.18. The zero-order valence-electron chi connectivity index (χ0n) is 14.8. The fourth-order valence-electron chi connectivity index (χ4n) is 2.30. The second-order valence-corrected chi connectivity index (χ2v) is 7.24. The van der Waals surface area contributed by atoms with Gasteiger partial charge in [0.25, 0.3) is 0 Å². The van der Waals surface area contributed by atoms with E-state index in [1.165, 1.54) is 12.1 Å². The molecule has 2 rings (SSSR count). The van der Waals surface area contributed by atoms with Crippen molar-refractivity contribution in [3.63, 3.8) is 0 Å². The van der Waals surface area contributed by atoms with Crippen molar-refractivity contribution in [2.75, 3.05) is 20.3 Å². The van der Waals surface area contributed by atoms with Crippen molar-refractivity contribution in [2.24, 2.45) is 0 Å². The number of hydrogen-bond donors (Lipinski definition) is 0. The van der Waals surface area contributed by atoms with Crippen molar-refractivity contribution in [1.29, 1.82) is 0 Å². The van der Waals surface area contributed by atoms with E-state index in [2.05, 4.69) is 6.92 Å². The molecule has 0 N–H and O–H groups in total. The molecule has 0 aliphatic rings. The number of rotatable bonds is 9. The summed E-state index contributed by atoms with van der Waals surface area (Å²) in [7, 11) is -2.31. The van der Waals surface area contributed by atoms with Crippen molar-refractivity contribution in [1.82, 2.24) is 0 Å². The molecule has 136 valence electrons. The lowest BCUT2D eigenvalue weighted by Crippen LogP contribution is -2.11. The number of methoxy groups -OCH3 is 1. The van der Waals surface area contributed by atoms with Crippen LogP contribution in [-0.2, 0) is 14.9 Å². The van der Waals surface area contributed by atoms with E-state index in [0.29, 0.717) is 24.7 Å². The van der Waals surface area contributed by atoms with Crippen LogP contribution in [0.3, 0.4) is 0 Å². The maximum Gasteiger partial charge on any atom is 0.339 e. The van der Waals surface area contributed by atoms with Gasteiger partial charge in [-0.05, 0) is 48.2 Å². The molecule has 0 saturated carbocycles. The minimum Gasteiger partial charge on any atom is -0.491 e. The predicted octanol–water partition coefficient (Wildman–Crippen LogP) is 3.99. The minimum atomic E-state index is -3.90. The van der Waals surface area contributed by atoms with Crippen LogP contribution >= 0.6 is 0 Å². The molecule has 6 heteroatoms. The van der Waals surface area contributed by atoms with Gasteiger partial charge >= 0.3 is 10.1 Å². The van der Waals surface area contributed by atoms with Gasteiger partial charge in [0.1, 0.15) is 23.0 Å². The Morgan fingerprint density at radius 1 is 1.00 bits per heavy atom. The largest absolute Gasteiger partial charge is 0.491 e. The van der Waals surface area contributed by atoms with Crippen LogP contribution in [-0.4, -0.2) is 28.7 Å². The monoisotopic (exact) mass is 364 g/mol. The molecule has 0 radical (unpaired) electrons. The van der Waals surface area contributed by atoms with Crippen molar-refractivity contribution in [3.8, 4) is 11.5 Å². The highest BCUT2D eigenvalue weighted by Gasteiger charge is 2.20. The van der Waals surface area contributed by atoms with Crippen LogP contribution < -0.4 is 8.92 Å². The molecule has 0 fully saturated rings. The lowest BCUT2D eigenvalue weighted by atomic mass is 9.98. The molecule has 0 bridgehead atoms. The summed E-state index contributed by atoms with van der Waals surface area (Å²) < 4.78 is 40.8. The number of para-hydroxylation sites is 1. The Bertz CT molecular complexity index is 769. The molecule has 0 amide bonds. The van der Waals surface area contributed by atoms with E-state index < -0.39 is 10.1 Å². The van der Waals surface area contributed by atoms with E-state index in [-0.39, 0.29) is 10.8 Å². The topological polar surface area (TPSA) is 61.8 Å². The quantitative estimate of drug-likeness (QED) is 0.497. The summed E-state index contributed by atoms with van der Waals surface area (Å²) in [5, 5.41) is 0. The van der Waals surface area contributed by atoms with E-state index in [9.17, 15) is 8.42 Å². The Labute approximate surface area is 149 Å². The van der Waals surface area contributed by atoms with Gasteiger partial charge in [0.05, 0.1) is 6.61 Å². The van der Waals surface area contributed by atoms with Gasteiger partial charge in [0, 0.05) is 7.11 Å². The van der Waals surface area contributed by atoms with Gasteiger partial charge < -0.3 is 13.7 Å². The van der Waals surface area contributed by atoms with Crippen molar-refractivity contribution < 1.29 is 22.1 Å². The van der Waals surface area contributed by atoms with Gasteiger partial charge in [-0.3, -0.25) is 0 Å². The van der Waals surface area contributed by atoms with Gasteiger partial charge in [-0.25, -0.2) is 0 Å². The maximum absolute atomic E-state index is 12.6. The van der Waals surface area contributed by atoms with E-state index in [1.807, 2.05) is 19.1 Å². The highest BCUT2D eigenvalue weighted by molar-refractivity contribution is 7.87. The first kappa shape index (κ1) is 19.3. The van der Waals surface area contributed by atoms with Crippen molar-refractivity contribution in [3.05, 3.63) is 54.1 Å². The van der Waals surface area contributed by atoms with Gasteiger partial charge in [-0.15, -0.1) is 0 Å². The third kappa shape index (κ3) is 5.21. The molecule has 0 aliphatic carbocycles. The summed E-state index contributed by atoms with van der Waals surface area (Å²) in [6.07, 6.45) is 0.897. The fraction of sp³-hybridized carbons (Fsp3) is 0.368. The summed E-state index contributed by atoms with van der Waals surface area (Å²) in [6, 6.07) is 13.4. The lowest BCUT2D eigenvalue weighted by Gasteiger charge is -2.15. The van der Waals surface area contributed by atoms with Crippen molar-refractivity contribution >= 4 is 10.1 Å². The SMILES string of the molecule is CCC(C)c1ccccc1OS(=O)(=O)c1ccc(OCCOC)cc1. The molecule has 0 saturated heterocycles. The van der Waals surface area contributed by atoms with Crippen LogP contribution in [0.2, 0.25) is 0 Å². The van der Waals surface area contributed by atoms with Crippen LogP contribution in [0, 0.1) is 0 Å². The molecular weight excluding hydrogens is 340 g/mol. The summed E-state index contributed by atoms with van der Waals surface area (Å²) in [5.74, 6) is 1.16. The van der Waals surface area contributed by atoms with Crippen LogP contribution in [0.25, 0.3) is 0 Å². The fourth-order valence-corrected chi connectivity index (χ4v) is 3.25. The molecular formula is C19H24O5S. The molecule has 2 aromatic carbocycles. The molecule has 25 heavy (non-hydrogen) atoms. The summed E-state index contributed by atoms with van der Waals surface area (Å²) in [5.41, 5.74) is 0.882. The highest BCUT2D eigenvalue weighted by Crippen LogP contribution is 2.30. The molecule has 1 atom stereocenters. The first-order chi connectivity index (χ1) is 12.0. The van der Waals surface area contributed by atoms with Gasteiger partial charge in [-0.1, -0.05) is 32.0 Å². The lowest BCUT2D eigenvalue weighted by molar-refractivity contribution is 0.146. The van der Waals surface area contributed by atoms with Crippen LogP contribution in [0.1, 0.15) is 31.7 Å². The van der Waals surface area contributed by atoms with E-state index in [4.69, 9.17) is 13.7 Å². The average molecular weight is 364 g/mol. The maximum atomic E-state index is 12.6. The smallest absolute Gasteiger partial charge is 0.339 e. The Balaban J connectivity index is 2.17. The number of hydrogen-bond acceptors (Lipinski definition) is 5. The molecule has 0 aliphatic heterocycles. The average Bonchev–Trinajstić information content (AvgIpc) is 2.62. The normalized spacial score (nSPS) is 12.6. The number of benzene rings is 2. The van der Waals surface area contributed by atoms with Crippen LogP contribution in [0.5, 0.6) is 11.5 Å². The van der Waals surface area contributed by atoms with Crippen molar-refractivity contribution in [2.45, 2.75) is 31.1 Å². The second-order valence-electron chi connectivity index (χ2n) is 5.70. The zero-order chi connectivity index (χ0) is 18.3. The van der Waals surface area contributed by atoms with Gasteiger partial charge in [-0.2, -0.15) is 8.42 Å². The van der Waals surface area contributed by atoms with Gasteiger partial charge in [0.2, 0.25) is 0 Å². The standard InChI is InChI=1S/C19H24O5S/c1-4-15(2)18-7-5-6-8-19(18)24-25(20,21)17-11-9-16(10-12-17)23-14-13-22-3/h5-12,15H,4,13-14H2,1-3H3. The zero-order valence-corrected chi connectivity index (χ0v) is 15.6. The molecule has 5 nitrogen and oxygen atoms in total. The first-order valence-corrected chi connectivity index (χ1v) is 9.64. The van der Waals surface area contributed by atoms with Crippen LogP contribution in [0.4, 0.5) is 0 Å². The number of ether oxygens (including phenoxy) is 2. The molecule has 1 unspecified atom stereocenters. The summed E-state index contributed by atoms with van der Waals surface area (Å²) in [6.45, 7) is 4.97. The first-order valence-electron chi connectivity index (χ1n) is 8.23. The van der Waals surface area contributed by atoms with E-state index in [0.717, 1.165) is 12.0 Å². The Morgan fingerprint density at radius 2 is 1.68 bits per heavy atom. The second kappa shape index (κ2) is 8.87. The predicted molar refractivity (Wildman–Crippen MR) is 96.8 cm³/mol. The van der Waals surface area contributed by atoms with E-state index in [1.54, 1.807) is 31.4 Å². The molecule has 0 aromatic heterocycles. The molecule has 2 aromatic rings.